The third-order valence-corrected chi connectivity index (χ3v) is 11.9. The largest absolute Gasteiger partial charge is 0.493 e. The van der Waals surface area contributed by atoms with Crippen LogP contribution in [0.4, 0.5) is 4.79 Å². The summed E-state index contributed by atoms with van der Waals surface area (Å²) in [6.07, 6.45) is 1.74. The van der Waals surface area contributed by atoms with Crippen LogP contribution in [0, 0.1) is 0 Å². The lowest BCUT2D eigenvalue weighted by atomic mass is 9.71. The maximum Gasteiger partial charge on any atom is 0.326 e. The molecule has 13 heteroatoms. The molecule has 2 aromatic carbocycles. The fraction of sp³-hybridized carbons (Fsp3) is 0.457. The van der Waals surface area contributed by atoms with Gasteiger partial charge in [-0.3, -0.25) is 14.9 Å². The summed E-state index contributed by atoms with van der Waals surface area (Å²) in [7, 11) is -0.627. The van der Waals surface area contributed by atoms with Crippen LogP contribution in [0.25, 0.3) is 0 Å². The molecule has 3 heterocycles. The van der Waals surface area contributed by atoms with Gasteiger partial charge < -0.3 is 9.64 Å². The molecule has 0 unspecified atom stereocenters. The fourth-order valence-corrected chi connectivity index (χ4v) is 7.68. The van der Waals surface area contributed by atoms with Gasteiger partial charge in [-0.2, -0.15) is 17.0 Å². The van der Waals surface area contributed by atoms with Gasteiger partial charge in [-0.05, 0) is 56.2 Å². The van der Waals surface area contributed by atoms with Gasteiger partial charge in [0.05, 0.1) is 12.2 Å². The Labute approximate surface area is 294 Å². The standard InChI is InChI=1S/C35H44Cl2N6O4S/c1-9-47-29-22-30(33(2,3)4)38-23-28(29)31-39-34(5,24-10-14-26(36)15-11-24)35(6,25-12-16-27(37)17-13-25)43(31)32(44)41-18-20-42(21-19-41)48(45,46)40(7)8/h10-17,22-23H,9,18-21H2,1-8H3/t34-,35+/m0/s1. The molecule has 0 radical (unpaired) electrons. The van der Waals surface area contributed by atoms with Crippen molar-refractivity contribution >= 4 is 45.3 Å². The molecule has 48 heavy (non-hydrogen) atoms. The van der Waals surface area contributed by atoms with Gasteiger partial charge in [0.15, 0.2) is 0 Å². The number of ether oxygens (including phenoxy) is 1. The number of carbonyl (C=O) groups is 1. The number of aromatic nitrogens is 1. The van der Waals surface area contributed by atoms with Crippen molar-refractivity contribution in [2.24, 2.45) is 4.99 Å². The molecule has 2 aliphatic heterocycles. The minimum Gasteiger partial charge on any atom is -0.493 e. The summed E-state index contributed by atoms with van der Waals surface area (Å²) in [5.74, 6) is 0.962. The normalized spacial score (nSPS) is 22.3. The molecule has 0 bridgehead atoms. The van der Waals surface area contributed by atoms with Crippen LogP contribution in [0.3, 0.4) is 0 Å². The van der Waals surface area contributed by atoms with Crippen molar-refractivity contribution in [2.45, 2.75) is 58.0 Å². The number of hydrogen-bond acceptors (Lipinski definition) is 6. The van der Waals surface area contributed by atoms with Crippen LogP contribution in [0.5, 0.6) is 5.75 Å². The Bertz CT molecular complexity index is 1800. The summed E-state index contributed by atoms with van der Waals surface area (Å²) < 4.78 is 34.6. The van der Waals surface area contributed by atoms with Gasteiger partial charge in [0.2, 0.25) is 0 Å². The molecule has 3 aromatic rings. The van der Waals surface area contributed by atoms with E-state index in [1.54, 1.807) is 28.1 Å². The quantitative estimate of drug-likeness (QED) is 0.278. The molecule has 5 rings (SSSR count). The van der Waals surface area contributed by atoms with Gasteiger partial charge in [-0.1, -0.05) is 68.2 Å². The van der Waals surface area contributed by atoms with Crippen LogP contribution < -0.4 is 4.74 Å². The maximum absolute atomic E-state index is 15.1. The third kappa shape index (κ3) is 6.31. The molecule has 0 aliphatic carbocycles. The summed E-state index contributed by atoms with van der Waals surface area (Å²) in [5, 5.41) is 1.14. The first kappa shape index (κ1) is 36.1. The Morgan fingerprint density at radius 3 is 1.98 bits per heavy atom. The van der Waals surface area contributed by atoms with E-state index >= 15 is 4.79 Å². The topological polar surface area (TPSA) is 98.6 Å². The lowest BCUT2D eigenvalue weighted by Crippen LogP contribution is -2.61. The van der Waals surface area contributed by atoms with Crippen LogP contribution in [-0.4, -0.2) is 90.6 Å². The highest BCUT2D eigenvalue weighted by molar-refractivity contribution is 7.86. The first-order valence-electron chi connectivity index (χ1n) is 16.0. The van der Waals surface area contributed by atoms with Gasteiger partial charge in [-0.15, -0.1) is 0 Å². The number of piperazine rings is 1. The van der Waals surface area contributed by atoms with E-state index in [4.69, 9.17) is 37.9 Å². The molecule has 0 N–H and O–H groups in total. The van der Waals surface area contributed by atoms with E-state index in [0.29, 0.717) is 33.8 Å². The number of halogens is 2. The first-order valence-corrected chi connectivity index (χ1v) is 18.1. The van der Waals surface area contributed by atoms with Crippen molar-refractivity contribution in [2.75, 3.05) is 46.9 Å². The van der Waals surface area contributed by atoms with E-state index in [-0.39, 0.29) is 37.6 Å². The van der Waals surface area contributed by atoms with Gasteiger partial charge in [0.25, 0.3) is 10.2 Å². The number of pyridine rings is 1. The predicted octanol–water partition coefficient (Wildman–Crippen LogP) is 6.52. The van der Waals surface area contributed by atoms with E-state index < -0.39 is 21.3 Å². The Hall–Kier alpha value is -3.22. The van der Waals surface area contributed by atoms with Crippen LogP contribution in [-0.2, 0) is 26.7 Å². The van der Waals surface area contributed by atoms with E-state index in [1.807, 2.05) is 63.2 Å². The Kier molecular flexibility index (Phi) is 9.95. The Morgan fingerprint density at radius 1 is 0.938 bits per heavy atom. The lowest BCUT2D eigenvalue weighted by Gasteiger charge is -2.47. The molecule has 2 amide bonds. The molecule has 0 spiro atoms. The zero-order chi connectivity index (χ0) is 35.2. The van der Waals surface area contributed by atoms with Crippen molar-refractivity contribution in [1.29, 1.82) is 0 Å². The van der Waals surface area contributed by atoms with E-state index in [0.717, 1.165) is 16.8 Å². The molecule has 1 saturated heterocycles. The second-order valence-electron chi connectivity index (χ2n) is 13.6. The van der Waals surface area contributed by atoms with E-state index in [1.165, 1.54) is 22.7 Å². The number of urea groups is 1. The Morgan fingerprint density at radius 2 is 1.48 bits per heavy atom. The number of amides is 2. The van der Waals surface area contributed by atoms with Crippen molar-refractivity contribution in [3.8, 4) is 5.75 Å². The molecule has 2 aliphatic rings. The number of rotatable bonds is 7. The predicted molar refractivity (Wildman–Crippen MR) is 191 cm³/mol. The van der Waals surface area contributed by atoms with E-state index in [2.05, 4.69) is 20.8 Å². The number of carbonyl (C=O) groups excluding carboxylic acids is 1. The van der Waals surface area contributed by atoms with Crippen molar-refractivity contribution < 1.29 is 17.9 Å². The van der Waals surface area contributed by atoms with Crippen LogP contribution >= 0.6 is 23.2 Å². The van der Waals surface area contributed by atoms with Crippen molar-refractivity contribution in [3.05, 3.63) is 93.2 Å². The zero-order valence-electron chi connectivity index (χ0n) is 28.8. The Balaban J connectivity index is 1.73. The molecule has 1 fully saturated rings. The SMILES string of the molecule is CCOc1cc(C(C)(C)C)ncc1C1=N[C@@](C)(c2ccc(Cl)cc2)[C@@](C)(c2ccc(Cl)cc2)N1C(=O)N1CCN(S(=O)(=O)N(C)C)CC1. The number of benzene rings is 2. The average molecular weight is 716 g/mol. The summed E-state index contributed by atoms with van der Waals surface area (Å²) in [6, 6.07) is 16.6. The minimum atomic E-state index is -3.63. The number of amidine groups is 1. The second kappa shape index (κ2) is 13.2. The molecule has 0 saturated carbocycles. The summed E-state index contributed by atoms with van der Waals surface area (Å²) >= 11 is 12.7. The smallest absolute Gasteiger partial charge is 0.326 e. The minimum absolute atomic E-state index is 0.157. The number of hydrogen-bond donors (Lipinski definition) is 0. The van der Waals surface area contributed by atoms with Gasteiger partial charge in [0.1, 0.15) is 22.7 Å². The highest BCUT2D eigenvalue weighted by Crippen LogP contribution is 2.54. The molecular formula is C35H44Cl2N6O4S. The second-order valence-corrected chi connectivity index (χ2v) is 16.7. The average Bonchev–Trinajstić information content (AvgIpc) is 3.28. The first-order chi connectivity index (χ1) is 22.4. The van der Waals surface area contributed by atoms with Crippen molar-refractivity contribution in [3.63, 3.8) is 0 Å². The summed E-state index contributed by atoms with van der Waals surface area (Å²) in [4.78, 5) is 28.8. The summed E-state index contributed by atoms with van der Waals surface area (Å²) in [5.41, 5.74) is 0.684. The molecule has 2 atom stereocenters. The molecule has 10 nitrogen and oxygen atoms in total. The van der Waals surface area contributed by atoms with Crippen molar-refractivity contribution in [1.82, 2.24) is 23.4 Å². The third-order valence-electron chi connectivity index (χ3n) is 9.41. The monoisotopic (exact) mass is 714 g/mol. The van der Waals surface area contributed by atoms with Crippen LogP contribution in [0.15, 0.2) is 65.8 Å². The van der Waals surface area contributed by atoms with Gasteiger partial charge in [0, 0.05) is 73.7 Å². The number of aliphatic imine (C=N–C) groups is 1. The van der Waals surface area contributed by atoms with Crippen LogP contribution in [0.2, 0.25) is 10.0 Å². The fourth-order valence-electron chi connectivity index (χ4n) is 6.34. The molecular weight excluding hydrogens is 671 g/mol. The highest BCUT2D eigenvalue weighted by atomic mass is 35.5. The van der Waals surface area contributed by atoms with Gasteiger partial charge >= 0.3 is 6.03 Å². The zero-order valence-corrected chi connectivity index (χ0v) is 31.1. The molecule has 258 valence electrons. The summed E-state index contributed by atoms with van der Waals surface area (Å²) in [6.45, 7) is 13.3. The lowest BCUT2D eigenvalue weighted by molar-refractivity contribution is 0.0973. The number of nitrogens with zero attached hydrogens (tertiary/aromatic N) is 6. The van der Waals surface area contributed by atoms with Crippen LogP contribution in [0.1, 0.15) is 63.9 Å². The van der Waals surface area contributed by atoms with E-state index in [9.17, 15) is 8.42 Å². The molecule has 1 aromatic heterocycles. The highest BCUT2D eigenvalue weighted by Gasteiger charge is 2.60. The maximum atomic E-state index is 15.1. The van der Waals surface area contributed by atoms with Gasteiger partial charge in [-0.25, -0.2) is 4.79 Å².